The van der Waals surface area contributed by atoms with E-state index in [1.807, 2.05) is 0 Å². The van der Waals surface area contributed by atoms with Gasteiger partial charge in [-0.05, 0) is 0 Å². The SMILES string of the molecule is [NH3+][C@@H](CS[C@H](CC(=O)[O-])C(=O)[O-])C(=O)[O-]. The maximum absolute atomic E-state index is 10.4. The molecule has 0 saturated carbocycles. The Bertz CT molecular complexity index is 268. The summed E-state index contributed by atoms with van der Waals surface area (Å²) in [6.45, 7) is 0. The number of carbonyl (C=O) groups is 3. The minimum atomic E-state index is -1.57. The third-order valence-corrected chi connectivity index (χ3v) is 2.80. The van der Waals surface area contributed by atoms with Crippen molar-refractivity contribution in [3.05, 3.63) is 0 Å². The van der Waals surface area contributed by atoms with E-state index in [-0.39, 0.29) is 5.75 Å². The van der Waals surface area contributed by atoms with Crippen molar-refractivity contribution in [2.75, 3.05) is 5.75 Å². The lowest BCUT2D eigenvalue weighted by atomic mass is 10.3. The fourth-order valence-electron chi connectivity index (χ4n) is 0.662. The van der Waals surface area contributed by atoms with Gasteiger partial charge >= 0.3 is 0 Å². The van der Waals surface area contributed by atoms with Crippen LogP contribution in [0.1, 0.15) is 6.42 Å². The number of aliphatic carboxylic acids is 3. The Hall–Kier alpha value is -1.28. The monoisotopic (exact) mass is 235 g/mol. The lowest BCUT2D eigenvalue weighted by Gasteiger charge is -2.19. The van der Waals surface area contributed by atoms with Crippen LogP contribution in [0.5, 0.6) is 0 Å². The fourth-order valence-corrected chi connectivity index (χ4v) is 1.65. The zero-order valence-corrected chi connectivity index (χ0v) is 8.45. The van der Waals surface area contributed by atoms with E-state index in [0.29, 0.717) is 11.8 Å². The summed E-state index contributed by atoms with van der Waals surface area (Å²) < 4.78 is 0. The Morgan fingerprint density at radius 3 is 2.00 bits per heavy atom. The van der Waals surface area contributed by atoms with Crippen LogP contribution in [0.2, 0.25) is 0 Å². The second-order valence-electron chi connectivity index (χ2n) is 2.73. The molecule has 2 atom stereocenters. The van der Waals surface area contributed by atoms with Gasteiger partial charge in [-0.25, -0.2) is 0 Å². The zero-order valence-electron chi connectivity index (χ0n) is 7.63. The molecular formula is C7H9NO6S-2. The number of carbonyl (C=O) groups excluding carboxylic acids is 3. The summed E-state index contributed by atoms with van der Waals surface area (Å²) in [6, 6.07) is -1.10. The summed E-state index contributed by atoms with van der Waals surface area (Å²) >= 11 is 0.628. The van der Waals surface area contributed by atoms with E-state index < -0.39 is 35.6 Å². The predicted molar refractivity (Wildman–Crippen MR) is 42.6 cm³/mol. The second kappa shape index (κ2) is 6.25. The molecule has 0 spiro atoms. The lowest BCUT2D eigenvalue weighted by molar-refractivity contribution is -0.431. The molecule has 0 saturated heterocycles. The number of carboxylic acid groups (broad SMARTS) is 3. The topological polar surface area (TPSA) is 148 Å². The van der Waals surface area contributed by atoms with Gasteiger partial charge in [-0.15, -0.1) is 11.8 Å². The van der Waals surface area contributed by atoms with Crippen LogP contribution in [-0.2, 0) is 14.4 Å². The molecule has 0 aliphatic carbocycles. The molecule has 15 heavy (non-hydrogen) atoms. The highest BCUT2D eigenvalue weighted by atomic mass is 32.2. The molecule has 7 nitrogen and oxygen atoms in total. The van der Waals surface area contributed by atoms with Gasteiger partial charge in [0.2, 0.25) is 0 Å². The van der Waals surface area contributed by atoms with Gasteiger partial charge < -0.3 is 35.4 Å². The van der Waals surface area contributed by atoms with Crippen molar-refractivity contribution in [3.63, 3.8) is 0 Å². The van der Waals surface area contributed by atoms with E-state index >= 15 is 0 Å². The van der Waals surface area contributed by atoms with Crippen LogP contribution in [0.15, 0.2) is 0 Å². The summed E-state index contributed by atoms with van der Waals surface area (Å²) in [5.41, 5.74) is 3.19. The second-order valence-corrected chi connectivity index (χ2v) is 3.97. The molecule has 0 amide bonds. The third kappa shape index (κ3) is 5.92. The minimum Gasteiger partial charge on any atom is -0.550 e. The smallest absolute Gasteiger partial charge is 0.134 e. The van der Waals surface area contributed by atoms with E-state index in [0.717, 1.165) is 0 Å². The van der Waals surface area contributed by atoms with Crippen molar-refractivity contribution in [1.29, 1.82) is 0 Å². The van der Waals surface area contributed by atoms with E-state index in [1.54, 1.807) is 0 Å². The van der Waals surface area contributed by atoms with Crippen LogP contribution in [0.4, 0.5) is 0 Å². The summed E-state index contributed by atoms with van der Waals surface area (Å²) in [4.78, 5) is 30.8. The predicted octanol–water partition coefficient (Wildman–Crippen LogP) is -5.66. The first-order valence-electron chi connectivity index (χ1n) is 3.90. The maximum Gasteiger partial charge on any atom is 0.134 e. The average molecular weight is 235 g/mol. The van der Waals surface area contributed by atoms with E-state index in [1.165, 1.54) is 0 Å². The molecule has 0 aliphatic rings. The standard InChI is InChI=1S/C7H11NO6S/c8-3(6(11)12)2-15-4(7(13)14)1-5(9)10/h3-4H,1-2,8H2,(H,9,10)(H,11,12)(H,13,14)/p-2/t3-,4+/m0/s1. The molecule has 0 unspecified atom stereocenters. The summed E-state index contributed by atoms with van der Waals surface area (Å²) in [6.07, 6.45) is -0.729. The molecule has 0 aliphatic heterocycles. The molecule has 0 aromatic carbocycles. The Kier molecular flexibility index (Phi) is 5.72. The van der Waals surface area contributed by atoms with Crippen molar-refractivity contribution in [2.45, 2.75) is 17.7 Å². The Morgan fingerprint density at radius 1 is 1.13 bits per heavy atom. The van der Waals surface area contributed by atoms with E-state index in [2.05, 4.69) is 5.73 Å². The fraction of sp³-hybridized carbons (Fsp3) is 0.571. The molecule has 0 aromatic heterocycles. The molecule has 0 radical (unpaired) electrons. The van der Waals surface area contributed by atoms with Gasteiger partial charge in [-0.2, -0.15) is 0 Å². The number of hydrogen-bond donors (Lipinski definition) is 1. The van der Waals surface area contributed by atoms with E-state index in [9.17, 15) is 29.7 Å². The van der Waals surface area contributed by atoms with Crippen LogP contribution in [-0.4, -0.2) is 35.0 Å². The lowest BCUT2D eigenvalue weighted by Crippen LogP contribution is -2.69. The van der Waals surface area contributed by atoms with Crippen LogP contribution in [0, 0.1) is 0 Å². The number of carboxylic acids is 3. The number of rotatable bonds is 7. The quantitative estimate of drug-likeness (QED) is 0.462. The first-order chi connectivity index (χ1) is 6.84. The zero-order chi connectivity index (χ0) is 12.0. The van der Waals surface area contributed by atoms with E-state index in [4.69, 9.17) is 0 Å². The molecule has 0 bridgehead atoms. The van der Waals surface area contributed by atoms with Crippen molar-refractivity contribution < 1.29 is 35.4 Å². The molecule has 0 aromatic rings. The molecule has 8 heteroatoms. The molecule has 0 heterocycles. The summed E-state index contributed by atoms with van der Waals surface area (Å²) in [7, 11) is 0. The Labute approximate surface area is 89.3 Å². The largest absolute Gasteiger partial charge is 0.550 e. The van der Waals surface area contributed by atoms with Crippen LogP contribution in [0.25, 0.3) is 0 Å². The molecule has 0 rings (SSSR count). The van der Waals surface area contributed by atoms with Crippen molar-refractivity contribution >= 4 is 29.7 Å². The third-order valence-electron chi connectivity index (χ3n) is 1.45. The number of hydrogen-bond acceptors (Lipinski definition) is 7. The first kappa shape index (κ1) is 13.7. The summed E-state index contributed by atoms with van der Waals surface area (Å²) in [5, 5.41) is 29.4. The highest BCUT2D eigenvalue weighted by molar-refractivity contribution is 8.00. The van der Waals surface area contributed by atoms with Gasteiger partial charge in [0.1, 0.15) is 6.04 Å². The molecule has 3 N–H and O–H groups in total. The maximum atomic E-state index is 10.4. The minimum absolute atomic E-state index is 0.158. The van der Waals surface area contributed by atoms with Gasteiger partial charge in [-0.3, -0.25) is 0 Å². The normalized spacial score (nSPS) is 14.2. The molecule has 0 fully saturated rings. The van der Waals surface area contributed by atoms with Gasteiger partial charge in [0.15, 0.2) is 0 Å². The van der Waals surface area contributed by atoms with Crippen LogP contribution >= 0.6 is 11.8 Å². The van der Waals surface area contributed by atoms with Gasteiger partial charge in [0.25, 0.3) is 0 Å². The van der Waals surface area contributed by atoms with Crippen LogP contribution < -0.4 is 21.1 Å². The van der Waals surface area contributed by atoms with Gasteiger partial charge in [0, 0.05) is 17.6 Å². The summed E-state index contributed by atoms with van der Waals surface area (Å²) in [5.74, 6) is -4.69. The van der Waals surface area contributed by atoms with Crippen LogP contribution in [0.3, 0.4) is 0 Å². The van der Waals surface area contributed by atoms with Gasteiger partial charge in [-0.1, -0.05) is 0 Å². The number of quaternary nitrogens is 1. The number of thioether (sulfide) groups is 1. The highest BCUT2D eigenvalue weighted by Gasteiger charge is 2.15. The molecular weight excluding hydrogens is 226 g/mol. The van der Waals surface area contributed by atoms with Crippen molar-refractivity contribution in [3.8, 4) is 0 Å². The Balaban J connectivity index is 4.13. The Morgan fingerprint density at radius 2 is 1.67 bits per heavy atom. The highest BCUT2D eigenvalue weighted by Crippen LogP contribution is 2.14. The van der Waals surface area contributed by atoms with Gasteiger partial charge in [0.05, 0.1) is 17.7 Å². The van der Waals surface area contributed by atoms with Crippen molar-refractivity contribution in [2.24, 2.45) is 0 Å². The molecule has 86 valence electrons. The average Bonchev–Trinajstić information content (AvgIpc) is 2.10. The first-order valence-corrected chi connectivity index (χ1v) is 4.95. The van der Waals surface area contributed by atoms with Crippen molar-refractivity contribution in [1.82, 2.24) is 0 Å².